The number of nitrogens with zero attached hydrogens (tertiary/aromatic N) is 2. The molecule has 0 aromatic heterocycles. The zero-order chi connectivity index (χ0) is 13.8. The van der Waals surface area contributed by atoms with E-state index in [1.54, 1.807) is 0 Å². The molecule has 1 spiro atoms. The fourth-order valence-electron chi connectivity index (χ4n) is 4.05. The van der Waals surface area contributed by atoms with E-state index in [0.29, 0.717) is 11.6 Å². The summed E-state index contributed by atoms with van der Waals surface area (Å²) in [7, 11) is 0. The summed E-state index contributed by atoms with van der Waals surface area (Å²) < 4.78 is 0. The molecule has 4 heteroatoms. The molecule has 1 N–H and O–H groups in total. The maximum atomic E-state index is 3.89. The zero-order valence-corrected chi connectivity index (χ0v) is 13.9. The standard InChI is InChI=1S/C16H31N3S/c1-15-13-17-16(5-3-2-4-6-16)14-19(15)8-7-18-9-11-20-12-10-18/h15,17H,2-14H2,1H3. The number of piperazine rings is 1. The van der Waals surface area contributed by atoms with Crippen LogP contribution >= 0.6 is 11.8 Å². The number of nitrogens with one attached hydrogen (secondary N) is 1. The molecule has 2 heterocycles. The van der Waals surface area contributed by atoms with Gasteiger partial charge in [0.1, 0.15) is 0 Å². The van der Waals surface area contributed by atoms with Gasteiger partial charge in [0, 0.05) is 62.4 Å². The summed E-state index contributed by atoms with van der Waals surface area (Å²) in [6, 6.07) is 0.710. The van der Waals surface area contributed by atoms with Crippen LogP contribution in [0.4, 0.5) is 0 Å². The number of thioether (sulfide) groups is 1. The van der Waals surface area contributed by atoms with E-state index in [4.69, 9.17) is 0 Å². The second-order valence-corrected chi connectivity index (χ2v) is 8.22. The minimum atomic E-state index is 0.461. The molecule has 3 rings (SSSR count). The molecule has 1 aliphatic carbocycles. The SMILES string of the molecule is CC1CNC2(CCCCC2)CN1CCN1CCSCC1. The van der Waals surface area contributed by atoms with E-state index in [0.717, 1.165) is 0 Å². The second kappa shape index (κ2) is 6.99. The first-order valence-corrected chi connectivity index (χ1v) is 9.72. The van der Waals surface area contributed by atoms with Crippen LogP contribution in [0.15, 0.2) is 0 Å². The van der Waals surface area contributed by atoms with Crippen LogP contribution in [0.1, 0.15) is 39.0 Å². The molecule has 116 valence electrons. The Kier molecular flexibility index (Phi) is 5.29. The van der Waals surface area contributed by atoms with Gasteiger partial charge in [-0.05, 0) is 19.8 Å². The summed E-state index contributed by atoms with van der Waals surface area (Å²) in [6.07, 6.45) is 7.11. The van der Waals surface area contributed by atoms with E-state index in [1.807, 2.05) is 0 Å². The van der Waals surface area contributed by atoms with Crippen LogP contribution in [0.2, 0.25) is 0 Å². The third-order valence-electron chi connectivity index (χ3n) is 5.52. The lowest BCUT2D eigenvalue weighted by Gasteiger charge is -2.49. The van der Waals surface area contributed by atoms with Gasteiger partial charge in [-0.1, -0.05) is 19.3 Å². The quantitative estimate of drug-likeness (QED) is 0.859. The molecular weight excluding hydrogens is 266 g/mol. The average Bonchev–Trinajstić information content (AvgIpc) is 2.50. The van der Waals surface area contributed by atoms with Crippen molar-refractivity contribution in [3.8, 4) is 0 Å². The van der Waals surface area contributed by atoms with E-state index < -0.39 is 0 Å². The smallest absolute Gasteiger partial charge is 0.0309 e. The predicted molar refractivity (Wildman–Crippen MR) is 88.6 cm³/mol. The highest BCUT2D eigenvalue weighted by atomic mass is 32.2. The third-order valence-corrected chi connectivity index (χ3v) is 6.46. The normalized spacial score (nSPS) is 32.5. The molecule has 2 saturated heterocycles. The van der Waals surface area contributed by atoms with E-state index in [-0.39, 0.29) is 0 Å². The minimum Gasteiger partial charge on any atom is -0.308 e. The topological polar surface area (TPSA) is 18.5 Å². The van der Waals surface area contributed by atoms with Crippen molar-refractivity contribution in [1.82, 2.24) is 15.1 Å². The van der Waals surface area contributed by atoms with Crippen LogP contribution < -0.4 is 5.32 Å². The average molecular weight is 298 g/mol. The Morgan fingerprint density at radius 1 is 1.10 bits per heavy atom. The molecule has 20 heavy (non-hydrogen) atoms. The fourth-order valence-corrected chi connectivity index (χ4v) is 5.03. The maximum Gasteiger partial charge on any atom is 0.0309 e. The number of hydrogen-bond donors (Lipinski definition) is 1. The van der Waals surface area contributed by atoms with Crippen molar-refractivity contribution in [2.45, 2.75) is 50.6 Å². The Labute approximate surface area is 128 Å². The Hall–Kier alpha value is 0.230. The fraction of sp³-hybridized carbons (Fsp3) is 1.00. The van der Waals surface area contributed by atoms with Gasteiger partial charge in [0.15, 0.2) is 0 Å². The van der Waals surface area contributed by atoms with Crippen LogP contribution in [0.5, 0.6) is 0 Å². The van der Waals surface area contributed by atoms with Gasteiger partial charge in [-0.2, -0.15) is 11.8 Å². The first-order chi connectivity index (χ1) is 9.77. The summed E-state index contributed by atoms with van der Waals surface area (Å²) in [5.74, 6) is 2.67. The number of hydrogen-bond acceptors (Lipinski definition) is 4. The molecule has 0 bridgehead atoms. The lowest BCUT2D eigenvalue weighted by molar-refractivity contribution is 0.0556. The van der Waals surface area contributed by atoms with E-state index in [1.165, 1.54) is 82.9 Å². The van der Waals surface area contributed by atoms with Gasteiger partial charge in [-0.15, -0.1) is 0 Å². The van der Waals surface area contributed by atoms with Crippen LogP contribution in [0.3, 0.4) is 0 Å². The van der Waals surface area contributed by atoms with Crippen molar-refractivity contribution in [1.29, 1.82) is 0 Å². The van der Waals surface area contributed by atoms with E-state index in [9.17, 15) is 0 Å². The van der Waals surface area contributed by atoms with Gasteiger partial charge in [0.2, 0.25) is 0 Å². The first-order valence-electron chi connectivity index (χ1n) is 8.57. The van der Waals surface area contributed by atoms with Gasteiger partial charge >= 0.3 is 0 Å². The van der Waals surface area contributed by atoms with Crippen molar-refractivity contribution in [2.75, 3.05) is 50.8 Å². The van der Waals surface area contributed by atoms with Crippen LogP contribution in [0.25, 0.3) is 0 Å². The molecule has 3 fully saturated rings. The van der Waals surface area contributed by atoms with Crippen LogP contribution in [-0.4, -0.2) is 72.2 Å². The lowest BCUT2D eigenvalue weighted by Crippen LogP contribution is -2.64. The molecule has 3 aliphatic rings. The Morgan fingerprint density at radius 3 is 2.60 bits per heavy atom. The van der Waals surface area contributed by atoms with Crippen LogP contribution in [0, 0.1) is 0 Å². The molecule has 0 radical (unpaired) electrons. The highest BCUT2D eigenvalue weighted by Crippen LogP contribution is 2.31. The Bertz CT molecular complexity index is 298. The molecule has 0 amide bonds. The summed E-state index contributed by atoms with van der Waals surface area (Å²) in [5, 5.41) is 3.89. The Morgan fingerprint density at radius 2 is 1.85 bits per heavy atom. The van der Waals surface area contributed by atoms with E-state index >= 15 is 0 Å². The molecule has 1 unspecified atom stereocenters. The number of rotatable bonds is 3. The molecule has 1 saturated carbocycles. The van der Waals surface area contributed by atoms with Crippen LogP contribution in [-0.2, 0) is 0 Å². The molecular formula is C16H31N3S. The van der Waals surface area contributed by atoms with Gasteiger partial charge < -0.3 is 10.2 Å². The summed E-state index contributed by atoms with van der Waals surface area (Å²) in [6.45, 7) is 10.0. The molecule has 0 aromatic carbocycles. The Balaban J connectivity index is 1.51. The van der Waals surface area contributed by atoms with Gasteiger partial charge in [0.25, 0.3) is 0 Å². The largest absolute Gasteiger partial charge is 0.308 e. The minimum absolute atomic E-state index is 0.461. The van der Waals surface area contributed by atoms with Crippen molar-refractivity contribution in [3.05, 3.63) is 0 Å². The summed E-state index contributed by atoms with van der Waals surface area (Å²) >= 11 is 2.11. The molecule has 0 aromatic rings. The first kappa shape index (κ1) is 15.1. The molecule has 3 nitrogen and oxygen atoms in total. The molecule has 2 aliphatic heterocycles. The zero-order valence-electron chi connectivity index (χ0n) is 13.1. The maximum absolute atomic E-state index is 3.89. The van der Waals surface area contributed by atoms with Crippen molar-refractivity contribution < 1.29 is 0 Å². The monoisotopic (exact) mass is 297 g/mol. The second-order valence-electron chi connectivity index (χ2n) is 7.00. The highest BCUT2D eigenvalue weighted by molar-refractivity contribution is 7.99. The van der Waals surface area contributed by atoms with Gasteiger partial charge in [-0.3, -0.25) is 4.90 Å². The lowest BCUT2D eigenvalue weighted by atomic mass is 9.79. The molecule has 1 atom stereocenters. The summed E-state index contributed by atoms with van der Waals surface area (Å²) in [4.78, 5) is 5.43. The van der Waals surface area contributed by atoms with Crippen molar-refractivity contribution in [2.24, 2.45) is 0 Å². The van der Waals surface area contributed by atoms with Gasteiger partial charge in [0.05, 0.1) is 0 Å². The third kappa shape index (κ3) is 3.70. The highest BCUT2D eigenvalue weighted by Gasteiger charge is 2.38. The van der Waals surface area contributed by atoms with Crippen molar-refractivity contribution >= 4 is 11.8 Å². The predicted octanol–water partition coefficient (Wildman–Crippen LogP) is 2.03. The van der Waals surface area contributed by atoms with Gasteiger partial charge in [-0.25, -0.2) is 0 Å². The van der Waals surface area contributed by atoms with E-state index in [2.05, 4.69) is 33.8 Å². The summed E-state index contributed by atoms with van der Waals surface area (Å²) in [5.41, 5.74) is 0.461. The van der Waals surface area contributed by atoms with Crippen molar-refractivity contribution in [3.63, 3.8) is 0 Å².